The summed E-state index contributed by atoms with van der Waals surface area (Å²) in [6, 6.07) is 4.78. The van der Waals surface area contributed by atoms with E-state index in [4.69, 9.17) is 4.74 Å². The van der Waals surface area contributed by atoms with Gasteiger partial charge in [0.25, 0.3) is 5.91 Å². The maximum Gasteiger partial charge on any atom is 0.254 e. The number of benzene rings is 1. The molecule has 21 heavy (non-hydrogen) atoms. The summed E-state index contributed by atoms with van der Waals surface area (Å²) in [5, 5.41) is 9.78. The second kappa shape index (κ2) is 5.93. The summed E-state index contributed by atoms with van der Waals surface area (Å²) in [6.07, 6.45) is 0. The summed E-state index contributed by atoms with van der Waals surface area (Å²) in [6.45, 7) is 9.73. The fraction of sp³-hybridized carbons (Fsp3) is 0.562. The zero-order valence-electron chi connectivity index (χ0n) is 13.2. The number of phenolic OH excluding ortho intramolecular Hbond substituents is 1. The van der Waals surface area contributed by atoms with E-state index in [1.54, 1.807) is 12.1 Å². The standard InChI is InChI=1S/C16H24N2O3/c1-16(2,3)18-9-7-17(8-10-18)15(20)12-5-6-14(21-4)13(19)11-12/h5-6,11,19H,7-10H2,1-4H3. The zero-order valence-corrected chi connectivity index (χ0v) is 13.2. The molecule has 0 saturated carbocycles. The minimum Gasteiger partial charge on any atom is -0.504 e. The van der Waals surface area contributed by atoms with Crippen LogP contribution < -0.4 is 4.74 Å². The molecule has 0 aliphatic carbocycles. The van der Waals surface area contributed by atoms with Crippen molar-refractivity contribution >= 4 is 5.91 Å². The normalized spacial score (nSPS) is 16.9. The molecule has 1 amide bonds. The van der Waals surface area contributed by atoms with Crippen LogP contribution in [0.15, 0.2) is 18.2 Å². The predicted molar refractivity (Wildman–Crippen MR) is 81.9 cm³/mol. The molecular weight excluding hydrogens is 268 g/mol. The van der Waals surface area contributed by atoms with Crippen LogP contribution in [0.25, 0.3) is 0 Å². The van der Waals surface area contributed by atoms with Crippen LogP contribution in [-0.4, -0.2) is 59.6 Å². The smallest absolute Gasteiger partial charge is 0.254 e. The second-order valence-corrected chi connectivity index (χ2v) is 6.34. The molecule has 1 aliphatic rings. The number of rotatable bonds is 2. The third-order valence-corrected chi connectivity index (χ3v) is 3.94. The molecule has 0 aromatic heterocycles. The Balaban J connectivity index is 2.04. The van der Waals surface area contributed by atoms with Gasteiger partial charge in [0.15, 0.2) is 11.5 Å². The molecule has 0 unspecified atom stereocenters. The quantitative estimate of drug-likeness (QED) is 0.905. The highest BCUT2D eigenvalue weighted by molar-refractivity contribution is 5.95. The molecule has 5 nitrogen and oxygen atoms in total. The van der Waals surface area contributed by atoms with Gasteiger partial charge >= 0.3 is 0 Å². The van der Waals surface area contributed by atoms with Gasteiger partial charge in [0.1, 0.15) is 0 Å². The van der Waals surface area contributed by atoms with E-state index in [1.807, 2.05) is 4.90 Å². The maximum atomic E-state index is 12.5. The Bertz CT molecular complexity index is 515. The molecule has 0 bridgehead atoms. The van der Waals surface area contributed by atoms with Crippen LogP contribution in [-0.2, 0) is 0 Å². The Morgan fingerprint density at radius 1 is 1.19 bits per heavy atom. The number of phenols is 1. The van der Waals surface area contributed by atoms with Gasteiger partial charge in [0, 0.05) is 37.3 Å². The molecule has 5 heteroatoms. The van der Waals surface area contributed by atoms with Gasteiger partial charge in [0.05, 0.1) is 7.11 Å². The Hall–Kier alpha value is -1.75. The van der Waals surface area contributed by atoms with Crippen LogP contribution in [0.2, 0.25) is 0 Å². The molecule has 1 saturated heterocycles. The van der Waals surface area contributed by atoms with Gasteiger partial charge in [-0.05, 0) is 39.0 Å². The molecule has 1 heterocycles. The van der Waals surface area contributed by atoms with Gasteiger partial charge in [0.2, 0.25) is 0 Å². The summed E-state index contributed by atoms with van der Waals surface area (Å²) in [7, 11) is 1.49. The van der Waals surface area contributed by atoms with Gasteiger partial charge in [-0.15, -0.1) is 0 Å². The number of carbonyl (C=O) groups excluding carboxylic acids is 1. The van der Waals surface area contributed by atoms with Crippen molar-refractivity contribution in [3.8, 4) is 11.5 Å². The Morgan fingerprint density at radius 2 is 1.81 bits per heavy atom. The number of methoxy groups -OCH3 is 1. The number of hydrogen-bond donors (Lipinski definition) is 1. The first-order chi connectivity index (χ1) is 9.82. The minimum absolute atomic E-state index is 0.00308. The number of nitrogens with zero attached hydrogens (tertiary/aromatic N) is 2. The van der Waals surface area contributed by atoms with E-state index in [-0.39, 0.29) is 17.2 Å². The van der Waals surface area contributed by atoms with Gasteiger partial charge in [-0.3, -0.25) is 9.69 Å². The van der Waals surface area contributed by atoms with Gasteiger partial charge in [-0.25, -0.2) is 0 Å². The zero-order chi connectivity index (χ0) is 15.6. The number of piperazine rings is 1. The van der Waals surface area contributed by atoms with Gasteiger partial charge in [-0.1, -0.05) is 0 Å². The van der Waals surface area contributed by atoms with Crippen LogP contribution >= 0.6 is 0 Å². The van der Waals surface area contributed by atoms with E-state index in [0.29, 0.717) is 24.4 Å². The van der Waals surface area contributed by atoms with E-state index < -0.39 is 0 Å². The van der Waals surface area contributed by atoms with E-state index in [0.717, 1.165) is 13.1 Å². The van der Waals surface area contributed by atoms with Crippen molar-refractivity contribution < 1.29 is 14.6 Å². The van der Waals surface area contributed by atoms with E-state index in [2.05, 4.69) is 25.7 Å². The number of carbonyl (C=O) groups is 1. The fourth-order valence-corrected chi connectivity index (χ4v) is 2.59. The van der Waals surface area contributed by atoms with Gasteiger partial charge < -0.3 is 14.7 Å². The average Bonchev–Trinajstić information content (AvgIpc) is 2.45. The van der Waals surface area contributed by atoms with Crippen LogP contribution in [0.1, 0.15) is 31.1 Å². The molecule has 1 aliphatic heterocycles. The maximum absolute atomic E-state index is 12.5. The van der Waals surface area contributed by atoms with Crippen LogP contribution in [0.3, 0.4) is 0 Å². The first-order valence-electron chi connectivity index (χ1n) is 7.24. The fourth-order valence-electron chi connectivity index (χ4n) is 2.59. The lowest BCUT2D eigenvalue weighted by Gasteiger charge is -2.42. The molecule has 1 fully saturated rings. The number of amides is 1. The Morgan fingerprint density at radius 3 is 2.29 bits per heavy atom. The topological polar surface area (TPSA) is 53.0 Å². The van der Waals surface area contributed by atoms with Crippen molar-refractivity contribution in [1.82, 2.24) is 9.80 Å². The highest BCUT2D eigenvalue weighted by Crippen LogP contribution is 2.27. The molecule has 2 rings (SSSR count). The summed E-state index contributed by atoms with van der Waals surface area (Å²) in [5.74, 6) is 0.335. The summed E-state index contributed by atoms with van der Waals surface area (Å²) in [4.78, 5) is 16.7. The van der Waals surface area contributed by atoms with E-state index in [1.165, 1.54) is 13.2 Å². The number of ether oxygens (including phenoxy) is 1. The first kappa shape index (κ1) is 15.6. The van der Waals surface area contributed by atoms with Crippen LogP contribution in [0.5, 0.6) is 11.5 Å². The van der Waals surface area contributed by atoms with Crippen molar-refractivity contribution in [2.45, 2.75) is 26.3 Å². The molecule has 0 atom stereocenters. The van der Waals surface area contributed by atoms with Crippen molar-refractivity contribution in [3.05, 3.63) is 23.8 Å². The molecule has 1 aromatic rings. The second-order valence-electron chi connectivity index (χ2n) is 6.34. The van der Waals surface area contributed by atoms with Gasteiger partial charge in [-0.2, -0.15) is 0 Å². The first-order valence-corrected chi connectivity index (χ1v) is 7.24. The predicted octanol–water partition coefficient (Wildman–Crippen LogP) is 1.96. The van der Waals surface area contributed by atoms with Crippen molar-refractivity contribution in [2.24, 2.45) is 0 Å². The van der Waals surface area contributed by atoms with Crippen molar-refractivity contribution in [1.29, 1.82) is 0 Å². The molecule has 0 spiro atoms. The van der Waals surface area contributed by atoms with E-state index >= 15 is 0 Å². The van der Waals surface area contributed by atoms with Crippen molar-refractivity contribution in [3.63, 3.8) is 0 Å². The lowest BCUT2D eigenvalue weighted by molar-refractivity contribution is 0.0451. The van der Waals surface area contributed by atoms with E-state index in [9.17, 15) is 9.90 Å². The Kier molecular flexibility index (Phi) is 4.42. The molecular formula is C16H24N2O3. The SMILES string of the molecule is COc1ccc(C(=O)N2CCN(C(C)(C)C)CC2)cc1O. The summed E-state index contributed by atoms with van der Waals surface area (Å²) >= 11 is 0. The Labute approximate surface area is 126 Å². The number of aromatic hydroxyl groups is 1. The third kappa shape index (κ3) is 3.47. The molecule has 1 N–H and O–H groups in total. The lowest BCUT2D eigenvalue weighted by atomic mass is 10.0. The third-order valence-electron chi connectivity index (χ3n) is 3.94. The largest absolute Gasteiger partial charge is 0.504 e. The summed E-state index contributed by atoms with van der Waals surface area (Å²) < 4.78 is 5.00. The monoisotopic (exact) mass is 292 g/mol. The molecule has 1 aromatic carbocycles. The molecule has 0 radical (unpaired) electrons. The van der Waals surface area contributed by atoms with Crippen LogP contribution in [0, 0.1) is 0 Å². The highest BCUT2D eigenvalue weighted by Gasteiger charge is 2.28. The van der Waals surface area contributed by atoms with Crippen molar-refractivity contribution in [2.75, 3.05) is 33.3 Å². The summed E-state index contributed by atoms with van der Waals surface area (Å²) in [5.41, 5.74) is 0.630. The minimum atomic E-state index is -0.0403. The number of hydrogen-bond acceptors (Lipinski definition) is 4. The average molecular weight is 292 g/mol. The lowest BCUT2D eigenvalue weighted by Crippen LogP contribution is -2.54. The highest BCUT2D eigenvalue weighted by atomic mass is 16.5. The van der Waals surface area contributed by atoms with Crippen LogP contribution in [0.4, 0.5) is 0 Å². The molecule has 116 valence electrons.